The second-order valence-electron chi connectivity index (χ2n) is 8.00. The standard InChI is InChI=1S/C24H29N5O2S/c1-4-31-21-8-6-5-7-20(21)25-23(30)29-14-13-28(16-18(29)3)24-26-22(27-32-24)15-19-11-9-17(2)10-12-19/h5-12,18H,4,13-16H2,1-3H3,(H,25,30). The number of urea groups is 1. The van der Waals surface area contributed by atoms with E-state index in [1.165, 1.54) is 22.7 Å². The third-order valence-electron chi connectivity index (χ3n) is 5.53. The van der Waals surface area contributed by atoms with Crippen LogP contribution in [-0.4, -0.2) is 52.6 Å². The Kier molecular flexibility index (Phi) is 6.90. The number of amides is 2. The molecule has 0 aliphatic carbocycles. The van der Waals surface area contributed by atoms with Crippen LogP contribution in [0, 0.1) is 6.92 Å². The fraction of sp³-hybridized carbons (Fsp3) is 0.375. The number of nitrogens with one attached hydrogen (secondary N) is 1. The largest absolute Gasteiger partial charge is 0.492 e. The summed E-state index contributed by atoms with van der Waals surface area (Å²) in [6.07, 6.45) is 0.730. The summed E-state index contributed by atoms with van der Waals surface area (Å²) < 4.78 is 10.2. The van der Waals surface area contributed by atoms with Crippen molar-refractivity contribution in [2.24, 2.45) is 0 Å². The minimum atomic E-state index is -0.110. The molecule has 0 saturated carbocycles. The molecule has 1 saturated heterocycles. The highest BCUT2D eigenvalue weighted by atomic mass is 32.1. The number of hydrogen-bond acceptors (Lipinski definition) is 6. The number of piperazine rings is 1. The minimum absolute atomic E-state index is 0.0486. The monoisotopic (exact) mass is 451 g/mol. The number of nitrogens with zero attached hydrogens (tertiary/aromatic N) is 4. The average molecular weight is 452 g/mol. The van der Waals surface area contributed by atoms with Crippen LogP contribution in [0.25, 0.3) is 0 Å². The molecule has 2 amide bonds. The van der Waals surface area contributed by atoms with E-state index in [-0.39, 0.29) is 12.1 Å². The van der Waals surface area contributed by atoms with Crippen LogP contribution in [0.1, 0.15) is 30.8 Å². The Bertz CT molecular complexity index is 1050. The lowest BCUT2D eigenvalue weighted by molar-refractivity contribution is 0.184. The van der Waals surface area contributed by atoms with Crippen LogP contribution >= 0.6 is 11.5 Å². The van der Waals surface area contributed by atoms with Crippen LogP contribution in [0.15, 0.2) is 48.5 Å². The summed E-state index contributed by atoms with van der Waals surface area (Å²) >= 11 is 1.43. The van der Waals surface area contributed by atoms with Crippen molar-refractivity contribution >= 4 is 28.4 Å². The molecule has 8 heteroatoms. The van der Waals surface area contributed by atoms with Crippen LogP contribution in [0.2, 0.25) is 0 Å². The zero-order valence-electron chi connectivity index (χ0n) is 18.7. The second-order valence-corrected chi connectivity index (χ2v) is 8.73. The van der Waals surface area contributed by atoms with Gasteiger partial charge in [0.1, 0.15) is 11.6 Å². The van der Waals surface area contributed by atoms with Crippen LogP contribution in [0.4, 0.5) is 15.6 Å². The Morgan fingerprint density at radius 3 is 2.72 bits per heavy atom. The van der Waals surface area contributed by atoms with Gasteiger partial charge in [-0.3, -0.25) is 0 Å². The van der Waals surface area contributed by atoms with Gasteiger partial charge in [-0.15, -0.1) is 0 Å². The molecule has 168 valence electrons. The zero-order chi connectivity index (χ0) is 22.5. The van der Waals surface area contributed by atoms with Crippen LogP contribution in [-0.2, 0) is 6.42 Å². The Morgan fingerprint density at radius 2 is 1.97 bits per heavy atom. The molecule has 0 bridgehead atoms. The van der Waals surface area contributed by atoms with Gasteiger partial charge in [0.15, 0.2) is 0 Å². The molecule has 4 rings (SSSR count). The van der Waals surface area contributed by atoms with Gasteiger partial charge in [0.25, 0.3) is 0 Å². The van der Waals surface area contributed by atoms with Crippen molar-refractivity contribution in [1.82, 2.24) is 14.3 Å². The fourth-order valence-electron chi connectivity index (χ4n) is 3.80. The van der Waals surface area contributed by atoms with Gasteiger partial charge >= 0.3 is 6.03 Å². The number of hydrogen-bond donors (Lipinski definition) is 1. The van der Waals surface area contributed by atoms with Gasteiger partial charge in [0.2, 0.25) is 5.13 Å². The topological polar surface area (TPSA) is 70.6 Å². The summed E-state index contributed by atoms with van der Waals surface area (Å²) in [6.45, 7) is 8.70. The first-order valence-corrected chi connectivity index (χ1v) is 11.7. The van der Waals surface area contributed by atoms with Crippen LogP contribution in [0.3, 0.4) is 0 Å². The van der Waals surface area contributed by atoms with Gasteiger partial charge in [-0.05, 0) is 38.5 Å². The lowest BCUT2D eigenvalue weighted by Crippen LogP contribution is -2.55. The quantitative estimate of drug-likeness (QED) is 0.594. The van der Waals surface area contributed by atoms with E-state index in [1.54, 1.807) is 0 Å². The van der Waals surface area contributed by atoms with E-state index in [4.69, 9.17) is 9.72 Å². The molecule has 1 unspecified atom stereocenters. The maximum Gasteiger partial charge on any atom is 0.322 e. The van der Waals surface area contributed by atoms with Gasteiger partial charge in [0.05, 0.1) is 12.3 Å². The van der Waals surface area contributed by atoms with Crippen molar-refractivity contribution in [3.63, 3.8) is 0 Å². The van der Waals surface area contributed by atoms with E-state index < -0.39 is 0 Å². The van der Waals surface area contributed by atoms with Crippen LogP contribution in [0.5, 0.6) is 5.75 Å². The Balaban J connectivity index is 1.36. The molecule has 1 aliphatic heterocycles. The first-order chi connectivity index (χ1) is 15.5. The highest BCUT2D eigenvalue weighted by Crippen LogP contribution is 2.26. The summed E-state index contributed by atoms with van der Waals surface area (Å²) in [7, 11) is 0. The number of anilines is 2. The molecule has 0 radical (unpaired) electrons. The predicted octanol–water partition coefficient (Wildman–Crippen LogP) is 4.58. The molecule has 2 aromatic carbocycles. The summed E-state index contributed by atoms with van der Waals surface area (Å²) in [4.78, 5) is 21.8. The first-order valence-electron chi connectivity index (χ1n) is 11.0. The van der Waals surface area contributed by atoms with E-state index in [9.17, 15) is 4.79 Å². The zero-order valence-corrected chi connectivity index (χ0v) is 19.6. The van der Waals surface area contributed by atoms with E-state index in [0.29, 0.717) is 24.6 Å². The summed E-state index contributed by atoms with van der Waals surface area (Å²) in [5, 5.41) is 3.92. The highest BCUT2D eigenvalue weighted by Gasteiger charge is 2.29. The number of carbonyl (C=O) groups is 1. The Hall–Kier alpha value is -3.13. The molecule has 1 N–H and O–H groups in total. The number of para-hydroxylation sites is 2. The van der Waals surface area contributed by atoms with Gasteiger partial charge in [0, 0.05) is 43.6 Å². The van der Waals surface area contributed by atoms with Crippen molar-refractivity contribution in [1.29, 1.82) is 0 Å². The molecule has 2 heterocycles. The van der Waals surface area contributed by atoms with Crippen molar-refractivity contribution < 1.29 is 9.53 Å². The smallest absolute Gasteiger partial charge is 0.322 e. The second kappa shape index (κ2) is 9.99. The van der Waals surface area contributed by atoms with E-state index in [2.05, 4.69) is 52.7 Å². The van der Waals surface area contributed by atoms with Crippen molar-refractivity contribution in [3.05, 3.63) is 65.5 Å². The van der Waals surface area contributed by atoms with Crippen LogP contribution < -0.4 is 15.0 Å². The van der Waals surface area contributed by atoms with Gasteiger partial charge in [-0.25, -0.2) is 9.78 Å². The summed E-state index contributed by atoms with van der Waals surface area (Å²) in [5.74, 6) is 1.53. The summed E-state index contributed by atoms with van der Waals surface area (Å²) in [5.41, 5.74) is 3.15. The van der Waals surface area contributed by atoms with Crippen molar-refractivity contribution in [2.75, 3.05) is 36.5 Å². The number of carbonyl (C=O) groups excluding carboxylic acids is 1. The number of aromatic nitrogens is 2. The lowest BCUT2D eigenvalue weighted by Gasteiger charge is -2.39. The molecule has 1 aromatic heterocycles. The average Bonchev–Trinajstić information content (AvgIpc) is 3.25. The number of ether oxygens (including phenoxy) is 1. The highest BCUT2D eigenvalue weighted by molar-refractivity contribution is 7.09. The van der Waals surface area contributed by atoms with E-state index >= 15 is 0 Å². The molecule has 7 nitrogen and oxygen atoms in total. The third kappa shape index (κ3) is 5.19. The van der Waals surface area contributed by atoms with E-state index in [1.807, 2.05) is 36.1 Å². The van der Waals surface area contributed by atoms with Crippen molar-refractivity contribution in [3.8, 4) is 5.75 Å². The Morgan fingerprint density at radius 1 is 1.19 bits per heavy atom. The summed E-state index contributed by atoms with van der Waals surface area (Å²) in [6, 6.07) is 15.9. The number of benzene rings is 2. The van der Waals surface area contributed by atoms with Gasteiger partial charge in [-0.2, -0.15) is 4.37 Å². The van der Waals surface area contributed by atoms with E-state index in [0.717, 1.165) is 30.5 Å². The molecule has 0 spiro atoms. The molecule has 32 heavy (non-hydrogen) atoms. The van der Waals surface area contributed by atoms with Gasteiger partial charge in [-0.1, -0.05) is 42.0 Å². The minimum Gasteiger partial charge on any atom is -0.492 e. The molecule has 1 atom stereocenters. The maximum atomic E-state index is 12.9. The number of rotatable bonds is 6. The maximum absolute atomic E-state index is 12.9. The molecular weight excluding hydrogens is 422 g/mol. The molecule has 3 aromatic rings. The van der Waals surface area contributed by atoms with Gasteiger partial charge < -0.3 is 19.9 Å². The third-order valence-corrected chi connectivity index (χ3v) is 6.34. The first kappa shape index (κ1) is 22.1. The molecule has 1 aliphatic rings. The fourth-order valence-corrected chi connectivity index (χ4v) is 4.52. The normalized spacial score (nSPS) is 16.2. The molecular formula is C24H29N5O2S. The predicted molar refractivity (Wildman–Crippen MR) is 129 cm³/mol. The lowest BCUT2D eigenvalue weighted by atomic mass is 10.1. The SMILES string of the molecule is CCOc1ccccc1NC(=O)N1CCN(c2nc(Cc3ccc(C)cc3)ns2)CC1C. The van der Waals surface area contributed by atoms with Crippen molar-refractivity contribution in [2.45, 2.75) is 33.2 Å². The molecule has 1 fully saturated rings. The number of aryl methyl sites for hydroxylation is 1. The Labute approximate surface area is 193 Å².